The highest BCUT2D eigenvalue weighted by molar-refractivity contribution is 5.66. The zero-order chi connectivity index (χ0) is 26.4. The van der Waals surface area contributed by atoms with E-state index in [1.807, 2.05) is 6.07 Å². The van der Waals surface area contributed by atoms with Crippen LogP contribution in [0.4, 0.5) is 0 Å². The van der Waals surface area contributed by atoms with Crippen molar-refractivity contribution in [3.63, 3.8) is 0 Å². The van der Waals surface area contributed by atoms with Gasteiger partial charge in [0.1, 0.15) is 0 Å². The molecule has 3 aliphatic rings. The van der Waals surface area contributed by atoms with Gasteiger partial charge in [-0.05, 0) is 67.1 Å². The fourth-order valence-electron chi connectivity index (χ4n) is 7.15. The Morgan fingerprint density at radius 3 is 2.47 bits per heavy atom. The van der Waals surface area contributed by atoms with Crippen LogP contribution in [-0.2, 0) is 14.9 Å². The van der Waals surface area contributed by atoms with Gasteiger partial charge in [0, 0.05) is 17.8 Å². The SMILES string of the molecule is O=C(O)CCC/C=C\C[C@H]1[C@H](/C=C/[C@H](O)C2CCCCC2)[C@@H]2C[C@@]1(c1ccc(-c3ccccc3)cc1)CO2. The van der Waals surface area contributed by atoms with Gasteiger partial charge in [0.2, 0.25) is 0 Å². The standard InChI is InChI=1S/C34H42O4/c35-31(27-13-7-4-8-14-27)22-21-29-30(15-9-1-2-10-16-33(36)37)34(23-32(29)38-24-34)28-19-17-26(18-20-28)25-11-5-3-6-12-25/h1,3,5-6,9,11-12,17-22,27,29-32,35H,2,4,7-8,10,13-16,23-24H2,(H,36,37)/b9-1-,22-21+/t29-,30-,31-,32-,34-/m0/s1. The topological polar surface area (TPSA) is 66.8 Å². The van der Waals surface area contributed by atoms with E-state index in [1.165, 1.54) is 36.0 Å². The summed E-state index contributed by atoms with van der Waals surface area (Å²) in [7, 11) is 0. The summed E-state index contributed by atoms with van der Waals surface area (Å²) in [5, 5.41) is 19.9. The summed E-state index contributed by atoms with van der Waals surface area (Å²) in [6.45, 7) is 0.732. The molecule has 2 aromatic rings. The highest BCUT2D eigenvalue weighted by Gasteiger charge is 2.58. The third-order valence-corrected chi connectivity index (χ3v) is 9.27. The molecule has 0 unspecified atom stereocenters. The van der Waals surface area contributed by atoms with Gasteiger partial charge >= 0.3 is 5.97 Å². The van der Waals surface area contributed by atoms with Gasteiger partial charge in [0.05, 0.1) is 18.8 Å². The number of aliphatic hydroxyl groups is 1. The number of hydrogen-bond donors (Lipinski definition) is 2. The normalized spacial score (nSPS) is 28.4. The Morgan fingerprint density at radius 2 is 1.74 bits per heavy atom. The highest BCUT2D eigenvalue weighted by Crippen LogP contribution is 2.57. The molecule has 0 spiro atoms. The molecule has 3 fully saturated rings. The molecule has 0 aromatic heterocycles. The molecule has 202 valence electrons. The number of ether oxygens (including phenoxy) is 1. The van der Waals surface area contributed by atoms with Crippen LogP contribution in [-0.4, -0.2) is 35.0 Å². The van der Waals surface area contributed by atoms with Crippen LogP contribution in [0.5, 0.6) is 0 Å². The molecule has 5 atom stereocenters. The van der Waals surface area contributed by atoms with Gasteiger partial charge in [0.15, 0.2) is 0 Å². The lowest BCUT2D eigenvalue weighted by Crippen LogP contribution is -2.39. The van der Waals surface area contributed by atoms with Gasteiger partial charge in [-0.15, -0.1) is 0 Å². The van der Waals surface area contributed by atoms with Crippen LogP contribution >= 0.6 is 0 Å². The molecule has 1 aliphatic heterocycles. The molecule has 4 nitrogen and oxygen atoms in total. The van der Waals surface area contributed by atoms with E-state index in [2.05, 4.69) is 72.8 Å². The third-order valence-electron chi connectivity index (χ3n) is 9.27. The smallest absolute Gasteiger partial charge is 0.303 e. The molecule has 5 rings (SSSR count). The van der Waals surface area contributed by atoms with E-state index in [0.29, 0.717) is 18.3 Å². The number of rotatable bonds is 11. The van der Waals surface area contributed by atoms with Gasteiger partial charge in [0.25, 0.3) is 0 Å². The van der Waals surface area contributed by atoms with Crippen molar-refractivity contribution in [1.29, 1.82) is 0 Å². The van der Waals surface area contributed by atoms with Crippen molar-refractivity contribution in [3.8, 4) is 11.1 Å². The number of aliphatic hydroxyl groups excluding tert-OH is 1. The predicted octanol–water partition coefficient (Wildman–Crippen LogP) is 7.32. The summed E-state index contributed by atoms with van der Waals surface area (Å²) in [5.41, 5.74) is 3.74. The summed E-state index contributed by atoms with van der Waals surface area (Å²) in [5.74, 6) is 0.295. The molecule has 2 aromatic carbocycles. The number of carboxylic acid groups (broad SMARTS) is 1. The molecule has 38 heavy (non-hydrogen) atoms. The second kappa shape index (κ2) is 12.4. The molecular formula is C34H42O4. The maximum atomic E-state index is 10.9. The van der Waals surface area contributed by atoms with Crippen molar-refractivity contribution in [2.24, 2.45) is 17.8 Å². The second-order valence-corrected chi connectivity index (χ2v) is 11.6. The van der Waals surface area contributed by atoms with E-state index in [0.717, 1.165) is 38.7 Å². The Kier molecular flexibility index (Phi) is 8.81. The Labute approximate surface area is 227 Å². The summed E-state index contributed by atoms with van der Waals surface area (Å²) < 4.78 is 6.39. The van der Waals surface area contributed by atoms with Gasteiger partial charge in [-0.25, -0.2) is 0 Å². The van der Waals surface area contributed by atoms with Crippen LogP contribution in [0.3, 0.4) is 0 Å². The largest absolute Gasteiger partial charge is 0.481 e. The van der Waals surface area contributed by atoms with Gasteiger partial charge in [-0.2, -0.15) is 0 Å². The second-order valence-electron chi connectivity index (χ2n) is 11.6. The van der Waals surface area contributed by atoms with Crippen LogP contribution < -0.4 is 0 Å². The average Bonchev–Trinajstić information content (AvgIpc) is 3.53. The number of hydrogen-bond acceptors (Lipinski definition) is 3. The molecule has 2 aliphatic carbocycles. The maximum Gasteiger partial charge on any atom is 0.303 e. The minimum Gasteiger partial charge on any atom is -0.481 e. The number of allylic oxidation sites excluding steroid dienone is 2. The van der Waals surface area contributed by atoms with Crippen LogP contribution in [0, 0.1) is 17.8 Å². The number of carboxylic acids is 1. The summed E-state index contributed by atoms with van der Waals surface area (Å²) in [6, 6.07) is 19.5. The number of carbonyl (C=O) groups is 1. The molecule has 2 saturated carbocycles. The Morgan fingerprint density at radius 1 is 1.00 bits per heavy atom. The molecule has 1 heterocycles. The number of fused-ring (bicyclic) bond motifs is 2. The van der Waals surface area contributed by atoms with Crippen molar-refractivity contribution >= 4 is 5.97 Å². The number of aliphatic carboxylic acids is 1. The number of benzene rings is 2. The monoisotopic (exact) mass is 514 g/mol. The molecule has 0 amide bonds. The van der Waals surface area contributed by atoms with Gasteiger partial charge in [-0.1, -0.05) is 98.2 Å². The van der Waals surface area contributed by atoms with Crippen LogP contribution in [0.1, 0.15) is 69.8 Å². The Bertz CT molecular complexity index is 1100. The molecule has 2 bridgehead atoms. The fraction of sp³-hybridized carbons (Fsp3) is 0.500. The van der Waals surface area contributed by atoms with Crippen LogP contribution in [0.2, 0.25) is 0 Å². The summed E-state index contributed by atoms with van der Waals surface area (Å²) in [4.78, 5) is 10.9. The van der Waals surface area contributed by atoms with E-state index in [-0.39, 0.29) is 30.0 Å². The average molecular weight is 515 g/mol. The lowest BCUT2D eigenvalue weighted by Gasteiger charge is -2.38. The molecular weight excluding hydrogens is 472 g/mol. The van der Waals surface area contributed by atoms with E-state index >= 15 is 0 Å². The number of unbranched alkanes of at least 4 members (excludes halogenated alkanes) is 1. The van der Waals surface area contributed by atoms with E-state index in [1.54, 1.807) is 0 Å². The molecule has 0 radical (unpaired) electrons. The molecule has 2 N–H and O–H groups in total. The first-order chi connectivity index (χ1) is 18.6. The van der Waals surface area contributed by atoms with Crippen LogP contribution in [0.15, 0.2) is 78.9 Å². The Balaban J connectivity index is 1.36. The lowest BCUT2D eigenvalue weighted by atomic mass is 9.69. The van der Waals surface area contributed by atoms with Crippen LogP contribution in [0.25, 0.3) is 11.1 Å². The summed E-state index contributed by atoms with van der Waals surface area (Å²) in [6.07, 6.45) is 18.1. The highest BCUT2D eigenvalue weighted by atomic mass is 16.5. The lowest BCUT2D eigenvalue weighted by molar-refractivity contribution is -0.137. The fourth-order valence-corrected chi connectivity index (χ4v) is 7.15. The Hall–Kier alpha value is -2.69. The van der Waals surface area contributed by atoms with Gasteiger partial charge < -0.3 is 14.9 Å². The summed E-state index contributed by atoms with van der Waals surface area (Å²) >= 11 is 0. The first kappa shape index (κ1) is 26.9. The molecule has 1 saturated heterocycles. The van der Waals surface area contributed by atoms with Crippen molar-refractivity contribution in [1.82, 2.24) is 0 Å². The van der Waals surface area contributed by atoms with Crippen molar-refractivity contribution < 1.29 is 19.7 Å². The first-order valence-corrected chi connectivity index (χ1v) is 14.6. The minimum atomic E-state index is -0.733. The first-order valence-electron chi connectivity index (χ1n) is 14.6. The quantitative estimate of drug-likeness (QED) is 0.243. The molecule has 4 heteroatoms. The van der Waals surface area contributed by atoms with Gasteiger partial charge in [-0.3, -0.25) is 4.79 Å². The van der Waals surface area contributed by atoms with Crippen molar-refractivity contribution in [2.75, 3.05) is 6.61 Å². The van der Waals surface area contributed by atoms with E-state index in [9.17, 15) is 9.90 Å². The van der Waals surface area contributed by atoms with Crippen molar-refractivity contribution in [2.45, 2.75) is 81.8 Å². The van der Waals surface area contributed by atoms with Crippen molar-refractivity contribution in [3.05, 3.63) is 84.5 Å². The minimum absolute atomic E-state index is 0.0455. The zero-order valence-electron chi connectivity index (χ0n) is 22.4. The van der Waals surface area contributed by atoms with E-state index in [4.69, 9.17) is 9.84 Å². The maximum absolute atomic E-state index is 10.9. The third kappa shape index (κ3) is 5.97. The zero-order valence-corrected chi connectivity index (χ0v) is 22.4. The van der Waals surface area contributed by atoms with E-state index < -0.39 is 5.97 Å². The predicted molar refractivity (Wildman–Crippen MR) is 152 cm³/mol.